The third kappa shape index (κ3) is 4.40. The van der Waals surface area contributed by atoms with Gasteiger partial charge in [-0.1, -0.05) is 17.3 Å². The molecule has 4 rings (SSSR count). The molecule has 1 fully saturated rings. The molecule has 1 aromatic carbocycles. The molecule has 1 N–H and O–H groups in total. The Balaban J connectivity index is 1.30. The van der Waals surface area contributed by atoms with Crippen LogP contribution in [0, 0.1) is 0 Å². The number of hydrogen-bond acceptors (Lipinski definition) is 6. The number of amides is 1. The molecule has 1 aliphatic heterocycles. The normalized spacial score (nSPS) is 15.0. The van der Waals surface area contributed by atoms with E-state index in [-0.39, 0.29) is 18.4 Å². The minimum Gasteiger partial charge on any atom is -0.381 e. The van der Waals surface area contributed by atoms with Gasteiger partial charge in [0.05, 0.1) is 12.9 Å². The fourth-order valence-corrected chi connectivity index (χ4v) is 3.07. The van der Waals surface area contributed by atoms with Crippen molar-refractivity contribution in [1.29, 1.82) is 0 Å². The van der Waals surface area contributed by atoms with Crippen molar-refractivity contribution in [2.45, 2.75) is 31.8 Å². The van der Waals surface area contributed by atoms with Gasteiger partial charge in [-0.05, 0) is 30.5 Å². The third-order valence-electron chi connectivity index (χ3n) is 4.61. The molecule has 8 nitrogen and oxygen atoms in total. The molecule has 3 aromatic rings. The summed E-state index contributed by atoms with van der Waals surface area (Å²) >= 11 is 0. The third-order valence-corrected chi connectivity index (χ3v) is 4.61. The van der Waals surface area contributed by atoms with E-state index in [0.717, 1.165) is 38.2 Å². The number of nitrogens with zero attached hydrogens (tertiary/aromatic N) is 4. The molecule has 0 atom stereocenters. The lowest BCUT2D eigenvalue weighted by Crippen LogP contribution is -2.23. The minimum absolute atomic E-state index is 0.171. The maximum atomic E-state index is 12.3. The first-order valence-electron chi connectivity index (χ1n) is 9.01. The molecule has 0 spiro atoms. The lowest BCUT2D eigenvalue weighted by Gasteiger charge is -2.18. The van der Waals surface area contributed by atoms with Gasteiger partial charge in [0.1, 0.15) is 0 Å². The molecule has 1 amide bonds. The van der Waals surface area contributed by atoms with Crippen molar-refractivity contribution in [1.82, 2.24) is 25.0 Å². The van der Waals surface area contributed by atoms with Crippen molar-refractivity contribution in [3.63, 3.8) is 0 Å². The summed E-state index contributed by atoms with van der Waals surface area (Å²) in [5.74, 6) is 1.22. The number of rotatable bonds is 6. The molecule has 1 aliphatic rings. The average Bonchev–Trinajstić information content (AvgIpc) is 3.39. The first-order valence-corrected chi connectivity index (χ1v) is 9.01. The second kappa shape index (κ2) is 8.13. The molecule has 3 heterocycles. The van der Waals surface area contributed by atoms with Gasteiger partial charge in [0.25, 0.3) is 5.91 Å². The van der Waals surface area contributed by atoms with Crippen molar-refractivity contribution in [3.8, 4) is 0 Å². The summed E-state index contributed by atoms with van der Waals surface area (Å²) in [5.41, 5.74) is 1.69. The summed E-state index contributed by atoms with van der Waals surface area (Å²) in [5, 5.41) is 6.86. The number of aromatic nitrogens is 4. The summed E-state index contributed by atoms with van der Waals surface area (Å²) in [7, 11) is 0. The van der Waals surface area contributed by atoms with Crippen LogP contribution in [-0.4, -0.2) is 38.8 Å². The maximum absolute atomic E-state index is 12.3. The van der Waals surface area contributed by atoms with Crippen molar-refractivity contribution in [2.75, 3.05) is 13.2 Å². The number of nitrogens with one attached hydrogen (secondary N) is 1. The van der Waals surface area contributed by atoms with Crippen LogP contribution < -0.4 is 5.32 Å². The van der Waals surface area contributed by atoms with E-state index in [0.29, 0.717) is 17.3 Å². The topological polar surface area (TPSA) is 95.1 Å². The number of carbonyl (C=O) groups excluding carboxylic acids is 1. The zero-order valence-corrected chi connectivity index (χ0v) is 14.9. The SMILES string of the molecule is O=C(NCc1nc(C2CCOCC2)no1)c1ccc(Cn2ccnc2)cc1. The van der Waals surface area contributed by atoms with Crippen LogP contribution in [0.15, 0.2) is 47.5 Å². The van der Waals surface area contributed by atoms with Gasteiger partial charge in [-0.15, -0.1) is 0 Å². The van der Waals surface area contributed by atoms with Gasteiger partial charge in [-0.2, -0.15) is 4.98 Å². The van der Waals surface area contributed by atoms with Crippen LogP contribution in [0.2, 0.25) is 0 Å². The van der Waals surface area contributed by atoms with Crippen LogP contribution in [0.4, 0.5) is 0 Å². The molecule has 0 saturated carbocycles. The number of imidazole rings is 1. The molecule has 27 heavy (non-hydrogen) atoms. The van der Waals surface area contributed by atoms with Crippen LogP contribution in [0.25, 0.3) is 0 Å². The second-order valence-corrected chi connectivity index (χ2v) is 6.55. The maximum Gasteiger partial charge on any atom is 0.251 e. The van der Waals surface area contributed by atoms with E-state index < -0.39 is 0 Å². The summed E-state index contributed by atoms with van der Waals surface area (Å²) < 4.78 is 12.6. The monoisotopic (exact) mass is 367 g/mol. The lowest BCUT2D eigenvalue weighted by molar-refractivity contribution is 0.0830. The van der Waals surface area contributed by atoms with Crippen LogP contribution in [0.3, 0.4) is 0 Å². The van der Waals surface area contributed by atoms with Crippen LogP contribution in [0.1, 0.15) is 46.4 Å². The molecule has 0 aliphatic carbocycles. The zero-order chi connectivity index (χ0) is 18.5. The fourth-order valence-electron chi connectivity index (χ4n) is 3.07. The predicted octanol–water partition coefficient (Wildman–Crippen LogP) is 2.14. The smallest absolute Gasteiger partial charge is 0.251 e. The van der Waals surface area contributed by atoms with Crippen molar-refractivity contribution in [2.24, 2.45) is 0 Å². The van der Waals surface area contributed by atoms with E-state index in [1.165, 1.54) is 0 Å². The molecule has 2 aromatic heterocycles. The van der Waals surface area contributed by atoms with Crippen molar-refractivity contribution >= 4 is 5.91 Å². The Kier molecular flexibility index (Phi) is 5.24. The van der Waals surface area contributed by atoms with E-state index in [1.807, 2.05) is 35.0 Å². The summed E-state index contributed by atoms with van der Waals surface area (Å²) in [6.45, 7) is 2.38. The number of benzene rings is 1. The molecule has 0 radical (unpaired) electrons. The second-order valence-electron chi connectivity index (χ2n) is 6.55. The van der Waals surface area contributed by atoms with Gasteiger partial charge in [-0.25, -0.2) is 4.98 Å². The van der Waals surface area contributed by atoms with E-state index in [4.69, 9.17) is 9.26 Å². The number of hydrogen-bond donors (Lipinski definition) is 1. The Labute approximate surface area is 156 Å². The number of ether oxygens (including phenoxy) is 1. The van der Waals surface area contributed by atoms with Crippen LogP contribution >= 0.6 is 0 Å². The van der Waals surface area contributed by atoms with E-state index in [9.17, 15) is 4.79 Å². The van der Waals surface area contributed by atoms with Gasteiger partial charge in [-0.3, -0.25) is 4.79 Å². The highest BCUT2D eigenvalue weighted by molar-refractivity contribution is 5.94. The largest absolute Gasteiger partial charge is 0.381 e. The van der Waals surface area contributed by atoms with Crippen LogP contribution in [0.5, 0.6) is 0 Å². The number of carbonyl (C=O) groups is 1. The molecule has 0 unspecified atom stereocenters. The Morgan fingerprint density at radius 1 is 1.22 bits per heavy atom. The standard InChI is InChI=1S/C19H21N5O3/c25-19(16-3-1-14(2-4-16)12-24-8-7-20-13-24)21-11-17-22-18(23-27-17)15-5-9-26-10-6-15/h1-4,7-8,13,15H,5-6,9-12H2,(H,21,25). The molecular weight excluding hydrogens is 346 g/mol. The van der Waals surface area contributed by atoms with Crippen LogP contribution in [-0.2, 0) is 17.8 Å². The lowest BCUT2D eigenvalue weighted by atomic mass is 10.00. The van der Waals surface area contributed by atoms with E-state index in [2.05, 4.69) is 20.4 Å². The zero-order valence-electron chi connectivity index (χ0n) is 14.9. The molecule has 0 bridgehead atoms. The van der Waals surface area contributed by atoms with Crippen molar-refractivity contribution in [3.05, 3.63) is 65.8 Å². The molecule has 140 valence electrons. The minimum atomic E-state index is -0.171. The first kappa shape index (κ1) is 17.4. The van der Waals surface area contributed by atoms with Crippen molar-refractivity contribution < 1.29 is 14.1 Å². The van der Waals surface area contributed by atoms with E-state index in [1.54, 1.807) is 12.5 Å². The quantitative estimate of drug-likeness (QED) is 0.717. The fraction of sp³-hybridized carbons (Fsp3) is 0.368. The van der Waals surface area contributed by atoms with E-state index >= 15 is 0 Å². The Bertz CT molecular complexity index is 867. The Morgan fingerprint density at radius 2 is 2.04 bits per heavy atom. The predicted molar refractivity (Wildman–Crippen MR) is 96.0 cm³/mol. The van der Waals surface area contributed by atoms with Gasteiger partial charge in [0.2, 0.25) is 5.89 Å². The van der Waals surface area contributed by atoms with Gasteiger partial charge >= 0.3 is 0 Å². The first-order chi connectivity index (χ1) is 13.3. The molecule has 1 saturated heterocycles. The Hall–Kier alpha value is -3.00. The summed E-state index contributed by atoms with van der Waals surface area (Å²) in [6, 6.07) is 7.49. The van der Waals surface area contributed by atoms with Gasteiger partial charge in [0, 0.05) is 43.6 Å². The van der Waals surface area contributed by atoms with Gasteiger partial charge in [0.15, 0.2) is 5.82 Å². The molecule has 8 heteroatoms. The average molecular weight is 367 g/mol. The molecular formula is C19H21N5O3. The highest BCUT2D eigenvalue weighted by Crippen LogP contribution is 2.24. The van der Waals surface area contributed by atoms with Gasteiger partial charge < -0.3 is 19.1 Å². The summed E-state index contributed by atoms with van der Waals surface area (Å²) in [4.78, 5) is 20.7. The highest BCUT2D eigenvalue weighted by atomic mass is 16.5. The Morgan fingerprint density at radius 3 is 2.78 bits per heavy atom. The highest BCUT2D eigenvalue weighted by Gasteiger charge is 2.21. The summed E-state index contributed by atoms with van der Waals surface area (Å²) in [6.07, 6.45) is 7.21.